The molecule has 2 fully saturated rings. The van der Waals surface area contributed by atoms with Crippen LogP contribution in [-0.2, 0) is 23.6 Å². The number of benzene rings is 1. The van der Waals surface area contributed by atoms with Gasteiger partial charge in [0.05, 0.1) is 12.2 Å². The second-order valence-electron chi connectivity index (χ2n) is 5.14. The van der Waals surface area contributed by atoms with E-state index in [0.29, 0.717) is 6.32 Å². The molecule has 0 spiro atoms. The van der Waals surface area contributed by atoms with Gasteiger partial charge in [-0.15, -0.1) is 0 Å². The van der Waals surface area contributed by atoms with Gasteiger partial charge in [0.25, 0.3) is 0 Å². The highest BCUT2D eigenvalue weighted by atomic mass is 16.8. The molecule has 1 aromatic carbocycles. The summed E-state index contributed by atoms with van der Waals surface area (Å²) in [6, 6.07) is 9.67. The van der Waals surface area contributed by atoms with Crippen molar-refractivity contribution >= 4 is 7.12 Å². The van der Waals surface area contributed by atoms with E-state index >= 15 is 0 Å². The Hall–Kier alpha value is -0.955. The van der Waals surface area contributed by atoms with Gasteiger partial charge in [-0.2, -0.15) is 0 Å². The normalized spacial score (nSPS) is 32.5. The third-order valence-electron chi connectivity index (χ3n) is 3.82. The number of ether oxygens (including phenoxy) is 4. The van der Waals surface area contributed by atoms with Crippen molar-refractivity contribution in [3.63, 3.8) is 0 Å². The average molecular weight is 294 g/mol. The number of hydrogen-bond donors (Lipinski definition) is 1. The quantitative estimate of drug-likeness (QED) is 0.659. The summed E-state index contributed by atoms with van der Waals surface area (Å²) in [5, 5.41) is 9.91. The van der Waals surface area contributed by atoms with Crippen LogP contribution in [0.15, 0.2) is 30.3 Å². The van der Waals surface area contributed by atoms with Crippen molar-refractivity contribution in [2.24, 2.45) is 0 Å². The molecule has 0 radical (unpaired) electrons. The highest BCUT2D eigenvalue weighted by Crippen LogP contribution is 2.39. The lowest BCUT2D eigenvalue weighted by Gasteiger charge is -2.33. The first-order chi connectivity index (χ1) is 10.2. The molecule has 1 aromatic rings. The van der Waals surface area contributed by atoms with Gasteiger partial charge in [-0.1, -0.05) is 30.3 Å². The van der Waals surface area contributed by atoms with Gasteiger partial charge in [-0.05, 0) is 5.56 Å². The smallest absolute Gasteiger partial charge is 0.427 e. The van der Waals surface area contributed by atoms with Crippen LogP contribution in [0, 0.1) is 0 Å². The topological polar surface area (TPSA) is 66.4 Å². The summed E-state index contributed by atoms with van der Waals surface area (Å²) in [5.74, 6) is 0. The summed E-state index contributed by atoms with van der Waals surface area (Å²) in [6.07, 6.45) is -1.80. The molecule has 2 aliphatic heterocycles. The Bertz CT molecular complexity index is 454. The Morgan fingerprint density at radius 2 is 1.90 bits per heavy atom. The van der Waals surface area contributed by atoms with E-state index in [0.717, 1.165) is 5.56 Å². The summed E-state index contributed by atoms with van der Waals surface area (Å²) in [6.45, 7) is 0. The molecule has 21 heavy (non-hydrogen) atoms. The molecule has 1 unspecified atom stereocenters. The van der Waals surface area contributed by atoms with E-state index in [1.807, 2.05) is 30.3 Å². The van der Waals surface area contributed by atoms with E-state index < -0.39 is 19.7 Å². The van der Waals surface area contributed by atoms with Crippen LogP contribution in [0.2, 0.25) is 6.32 Å². The first kappa shape index (κ1) is 15.0. The Kier molecular flexibility index (Phi) is 4.58. The SMILES string of the molecule is COC(OC)C1O[C@H]2[C@H](CB(O)O[C@H]2c2ccccc2)O1. The van der Waals surface area contributed by atoms with Gasteiger partial charge in [-0.25, -0.2) is 0 Å². The molecule has 2 heterocycles. The molecule has 2 saturated heterocycles. The van der Waals surface area contributed by atoms with Crippen LogP contribution in [0.5, 0.6) is 0 Å². The summed E-state index contributed by atoms with van der Waals surface area (Å²) in [4.78, 5) is 0. The summed E-state index contributed by atoms with van der Waals surface area (Å²) in [5.41, 5.74) is 0.946. The van der Waals surface area contributed by atoms with Gasteiger partial charge in [-0.3, -0.25) is 0 Å². The van der Waals surface area contributed by atoms with Crippen LogP contribution in [0.1, 0.15) is 11.7 Å². The van der Waals surface area contributed by atoms with Gasteiger partial charge < -0.3 is 28.6 Å². The third kappa shape index (κ3) is 2.99. The zero-order valence-corrected chi connectivity index (χ0v) is 12.0. The standard InChI is InChI=1S/C14H19BO6/c1-17-13(18-2)14-19-10-8-15(16)21-11(12(10)20-14)9-6-4-3-5-7-9/h3-7,10-14,16H,8H2,1-2H3/t10-,11-,12-,14?/m0/s1. The maximum absolute atomic E-state index is 9.91. The summed E-state index contributed by atoms with van der Waals surface area (Å²) in [7, 11) is 2.19. The van der Waals surface area contributed by atoms with Crippen LogP contribution >= 0.6 is 0 Å². The van der Waals surface area contributed by atoms with Crippen LogP contribution in [0.3, 0.4) is 0 Å². The maximum Gasteiger partial charge on any atom is 0.457 e. The minimum Gasteiger partial charge on any atom is -0.427 e. The lowest BCUT2D eigenvalue weighted by atomic mass is 9.75. The second kappa shape index (κ2) is 6.43. The minimum absolute atomic E-state index is 0.253. The molecule has 2 aliphatic rings. The molecule has 114 valence electrons. The fourth-order valence-electron chi connectivity index (χ4n) is 2.84. The molecule has 0 aromatic heterocycles. The van der Waals surface area contributed by atoms with Crippen molar-refractivity contribution in [3.8, 4) is 0 Å². The van der Waals surface area contributed by atoms with Gasteiger partial charge in [0.1, 0.15) is 6.10 Å². The average Bonchev–Trinajstić information content (AvgIpc) is 2.92. The molecule has 3 rings (SSSR count). The highest BCUT2D eigenvalue weighted by molar-refractivity contribution is 6.43. The largest absolute Gasteiger partial charge is 0.457 e. The van der Waals surface area contributed by atoms with Crippen molar-refractivity contribution in [3.05, 3.63) is 35.9 Å². The Morgan fingerprint density at radius 1 is 1.19 bits per heavy atom. The van der Waals surface area contributed by atoms with Crippen LogP contribution in [-0.4, -0.2) is 51.1 Å². The predicted octanol–water partition coefficient (Wildman–Crippen LogP) is 0.967. The van der Waals surface area contributed by atoms with E-state index in [4.69, 9.17) is 23.6 Å². The van der Waals surface area contributed by atoms with E-state index in [1.54, 1.807) is 0 Å². The number of methoxy groups -OCH3 is 2. The third-order valence-corrected chi connectivity index (χ3v) is 3.82. The molecule has 0 saturated carbocycles. The van der Waals surface area contributed by atoms with Crippen molar-refractivity contribution in [2.45, 2.75) is 37.2 Å². The van der Waals surface area contributed by atoms with Crippen molar-refractivity contribution in [1.29, 1.82) is 0 Å². The van der Waals surface area contributed by atoms with Gasteiger partial charge in [0.2, 0.25) is 12.6 Å². The van der Waals surface area contributed by atoms with E-state index in [1.165, 1.54) is 14.2 Å². The van der Waals surface area contributed by atoms with Gasteiger partial charge in [0, 0.05) is 20.5 Å². The lowest BCUT2D eigenvalue weighted by Crippen LogP contribution is -2.43. The Balaban J connectivity index is 1.80. The molecule has 0 amide bonds. The first-order valence-corrected chi connectivity index (χ1v) is 6.98. The monoisotopic (exact) mass is 294 g/mol. The number of rotatable bonds is 4. The molecule has 0 aliphatic carbocycles. The van der Waals surface area contributed by atoms with Crippen molar-refractivity contribution in [1.82, 2.24) is 0 Å². The van der Waals surface area contributed by atoms with Crippen molar-refractivity contribution < 1.29 is 28.6 Å². The molecule has 6 nitrogen and oxygen atoms in total. The van der Waals surface area contributed by atoms with Crippen LogP contribution in [0.25, 0.3) is 0 Å². The zero-order valence-electron chi connectivity index (χ0n) is 12.0. The molecular weight excluding hydrogens is 275 g/mol. The van der Waals surface area contributed by atoms with Crippen LogP contribution < -0.4 is 0 Å². The van der Waals surface area contributed by atoms with Crippen molar-refractivity contribution in [2.75, 3.05) is 14.2 Å². The van der Waals surface area contributed by atoms with Gasteiger partial charge in [0.15, 0.2) is 0 Å². The molecule has 7 heteroatoms. The zero-order chi connectivity index (χ0) is 14.8. The summed E-state index contributed by atoms with van der Waals surface area (Å²) >= 11 is 0. The molecule has 1 N–H and O–H groups in total. The molecule has 0 bridgehead atoms. The van der Waals surface area contributed by atoms with Crippen LogP contribution in [0.4, 0.5) is 0 Å². The summed E-state index contributed by atoms with van der Waals surface area (Å²) < 4.78 is 27.7. The second-order valence-corrected chi connectivity index (χ2v) is 5.14. The van der Waals surface area contributed by atoms with E-state index in [-0.39, 0.29) is 18.3 Å². The first-order valence-electron chi connectivity index (χ1n) is 6.98. The predicted molar refractivity (Wildman–Crippen MR) is 74.4 cm³/mol. The highest BCUT2D eigenvalue weighted by Gasteiger charge is 2.50. The number of fused-ring (bicyclic) bond motifs is 1. The fraction of sp³-hybridized carbons (Fsp3) is 0.571. The molecule has 4 atom stereocenters. The Labute approximate surface area is 124 Å². The Morgan fingerprint density at radius 3 is 2.57 bits per heavy atom. The van der Waals surface area contributed by atoms with E-state index in [9.17, 15) is 5.02 Å². The number of hydrogen-bond acceptors (Lipinski definition) is 6. The van der Waals surface area contributed by atoms with E-state index in [2.05, 4.69) is 0 Å². The lowest BCUT2D eigenvalue weighted by molar-refractivity contribution is -0.240. The fourth-order valence-corrected chi connectivity index (χ4v) is 2.84. The molecular formula is C14H19BO6. The van der Waals surface area contributed by atoms with Gasteiger partial charge >= 0.3 is 7.12 Å². The maximum atomic E-state index is 9.91. The minimum atomic E-state index is -0.873.